The molecule has 1 atom stereocenters. The zero-order valence-corrected chi connectivity index (χ0v) is 19.9. The molecule has 0 spiro atoms. The third-order valence-corrected chi connectivity index (χ3v) is 5.84. The van der Waals surface area contributed by atoms with E-state index in [4.69, 9.17) is 4.74 Å². The van der Waals surface area contributed by atoms with Crippen LogP contribution in [0.25, 0.3) is 0 Å². The van der Waals surface area contributed by atoms with E-state index in [9.17, 15) is 4.79 Å². The fourth-order valence-electron chi connectivity index (χ4n) is 3.72. The molecule has 0 saturated heterocycles. The maximum absolute atomic E-state index is 13.2. The second-order valence-corrected chi connectivity index (χ2v) is 8.20. The number of benzene rings is 2. The Hall–Kier alpha value is -2.53. The van der Waals surface area contributed by atoms with Crippen molar-refractivity contribution in [1.29, 1.82) is 0 Å². The first-order valence-corrected chi connectivity index (χ1v) is 11.7. The summed E-state index contributed by atoms with van der Waals surface area (Å²) < 4.78 is 5.55. The van der Waals surface area contributed by atoms with Gasteiger partial charge in [-0.25, -0.2) is 4.79 Å². The van der Waals surface area contributed by atoms with Gasteiger partial charge >= 0.3 is 6.03 Å². The molecule has 0 aliphatic rings. The molecule has 0 bridgehead atoms. The molecule has 2 aromatic carbocycles. The number of quaternary nitrogens is 1. The number of hydrogen-bond acceptors (Lipinski definition) is 2. The summed E-state index contributed by atoms with van der Waals surface area (Å²) in [5.74, 6) is 0.858. The van der Waals surface area contributed by atoms with E-state index in [1.807, 2.05) is 67.3 Å². The van der Waals surface area contributed by atoms with Crippen LogP contribution in [-0.2, 0) is 6.54 Å². The average Bonchev–Trinajstić information content (AvgIpc) is 2.77. The van der Waals surface area contributed by atoms with Crippen LogP contribution in [0.3, 0.4) is 0 Å². The van der Waals surface area contributed by atoms with E-state index >= 15 is 0 Å². The van der Waals surface area contributed by atoms with Gasteiger partial charge in [-0.05, 0) is 77.3 Å². The number of carbonyl (C=O) groups is 1. The predicted octanol–water partition coefficient (Wildman–Crippen LogP) is 4.52. The molecule has 0 radical (unpaired) electrons. The third kappa shape index (κ3) is 8.25. The average molecular weight is 427 g/mol. The molecule has 2 aromatic rings. The van der Waals surface area contributed by atoms with Gasteiger partial charge in [-0.3, -0.25) is 0 Å². The maximum Gasteiger partial charge on any atom is 0.322 e. The molecule has 5 heteroatoms. The number of nitrogens with zero attached hydrogens (tertiary/aromatic N) is 1. The van der Waals surface area contributed by atoms with E-state index in [-0.39, 0.29) is 12.1 Å². The standard InChI is InChI=1S/C26H39N3O2/c1-6-28(7-2)19-9-10-22(5)29(20-23-13-17-25(18-14-23)31-8-3)26(30)27-24-15-11-21(4)12-16-24/h11-18,22H,6-10,19-20H2,1-5H3,(H,27,30)/p+1/t22-/m0/s1. The van der Waals surface area contributed by atoms with Gasteiger partial charge in [-0.15, -0.1) is 0 Å². The van der Waals surface area contributed by atoms with Crippen molar-refractivity contribution in [1.82, 2.24) is 4.90 Å². The Balaban J connectivity index is 2.09. The van der Waals surface area contributed by atoms with Crippen molar-refractivity contribution in [2.75, 3.05) is 31.6 Å². The summed E-state index contributed by atoms with van der Waals surface area (Å²) in [6, 6.07) is 16.1. The second-order valence-electron chi connectivity index (χ2n) is 8.20. The van der Waals surface area contributed by atoms with Crippen LogP contribution in [0.5, 0.6) is 5.75 Å². The molecule has 2 N–H and O–H groups in total. The Morgan fingerprint density at radius 3 is 2.26 bits per heavy atom. The minimum absolute atomic E-state index is 0.0552. The summed E-state index contributed by atoms with van der Waals surface area (Å²) in [7, 11) is 0. The Kier molecular flexibility index (Phi) is 10.4. The molecule has 170 valence electrons. The summed E-state index contributed by atoms with van der Waals surface area (Å²) in [6.45, 7) is 15.3. The highest BCUT2D eigenvalue weighted by Gasteiger charge is 2.21. The van der Waals surface area contributed by atoms with Crippen molar-refractivity contribution in [3.63, 3.8) is 0 Å². The molecule has 0 heterocycles. The number of urea groups is 1. The Morgan fingerprint density at radius 1 is 1.03 bits per heavy atom. The molecule has 2 rings (SSSR count). The number of carbonyl (C=O) groups excluding carboxylic acids is 1. The van der Waals surface area contributed by atoms with Gasteiger partial charge in [0, 0.05) is 18.3 Å². The fourth-order valence-corrected chi connectivity index (χ4v) is 3.72. The first-order valence-electron chi connectivity index (χ1n) is 11.7. The van der Waals surface area contributed by atoms with E-state index in [2.05, 4.69) is 26.1 Å². The Labute approximate surface area is 188 Å². The van der Waals surface area contributed by atoms with Crippen molar-refractivity contribution < 1.29 is 14.4 Å². The summed E-state index contributed by atoms with van der Waals surface area (Å²) in [4.78, 5) is 16.8. The van der Waals surface area contributed by atoms with Crippen LogP contribution in [0.2, 0.25) is 0 Å². The molecule has 2 amide bonds. The lowest BCUT2D eigenvalue weighted by Crippen LogP contribution is -3.11. The fraction of sp³-hybridized carbons (Fsp3) is 0.500. The van der Waals surface area contributed by atoms with Crippen LogP contribution >= 0.6 is 0 Å². The second kappa shape index (κ2) is 13.0. The van der Waals surface area contributed by atoms with Gasteiger partial charge in [0.05, 0.1) is 26.2 Å². The molecule has 31 heavy (non-hydrogen) atoms. The number of ether oxygens (including phenoxy) is 1. The van der Waals surface area contributed by atoms with Crippen LogP contribution < -0.4 is 15.0 Å². The van der Waals surface area contributed by atoms with Crippen molar-refractivity contribution in [2.45, 2.75) is 60.0 Å². The molecule has 0 saturated carbocycles. The molecular weight excluding hydrogens is 386 g/mol. The van der Waals surface area contributed by atoms with Crippen molar-refractivity contribution in [3.8, 4) is 5.75 Å². The van der Waals surface area contributed by atoms with Gasteiger partial charge in [-0.1, -0.05) is 29.8 Å². The summed E-state index contributed by atoms with van der Waals surface area (Å²) in [5, 5.41) is 3.08. The number of anilines is 1. The van der Waals surface area contributed by atoms with E-state index < -0.39 is 0 Å². The van der Waals surface area contributed by atoms with Crippen LogP contribution in [0.4, 0.5) is 10.5 Å². The quantitative estimate of drug-likeness (QED) is 0.524. The van der Waals surface area contributed by atoms with Crippen molar-refractivity contribution >= 4 is 11.7 Å². The molecule has 0 unspecified atom stereocenters. The van der Waals surface area contributed by atoms with Crippen molar-refractivity contribution in [3.05, 3.63) is 59.7 Å². The first-order chi connectivity index (χ1) is 15.0. The number of aryl methyl sites for hydroxylation is 1. The predicted molar refractivity (Wildman–Crippen MR) is 129 cm³/mol. The van der Waals surface area contributed by atoms with Gasteiger partial charge in [0.15, 0.2) is 0 Å². The highest BCUT2D eigenvalue weighted by Crippen LogP contribution is 2.18. The third-order valence-electron chi connectivity index (χ3n) is 5.84. The van der Waals surface area contributed by atoms with Crippen LogP contribution in [0.15, 0.2) is 48.5 Å². The molecule has 0 aromatic heterocycles. The molecule has 0 fully saturated rings. The van der Waals surface area contributed by atoms with Gasteiger partial charge < -0.3 is 19.9 Å². The van der Waals surface area contributed by atoms with Gasteiger partial charge in [0.25, 0.3) is 0 Å². The molecule has 0 aliphatic carbocycles. The Bertz CT molecular complexity index is 770. The van der Waals surface area contributed by atoms with E-state index in [0.717, 1.165) is 49.5 Å². The maximum atomic E-state index is 13.2. The number of hydrogen-bond donors (Lipinski definition) is 2. The monoisotopic (exact) mass is 426 g/mol. The first kappa shape index (κ1) is 24.7. The highest BCUT2D eigenvalue weighted by atomic mass is 16.5. The lowest BCUT2D eigenvalue weighted by Gasteiger charge is -2.30. The zero-order valence-electron chi connectivity index (χ0n) is 19.9. The van der Waals surface area contributed by atoms with Crippen LogP contribution in [0.1, 0.15) is 51.7 Å². The molecular formula is C26H40N3O2+. The van der Waals surface area contributed by atoms with Crippen LogP contribution in [-0.4, -0.2) is 43.2 Å². The minimum Gasteiger partial charge on any atom is -0.494 e. The van der Waals surface area contributed by atoms with E-state index in [0.29, 0.717) is 13.2 Å². The van der Waals surface area contributed by atoms with Crippen LogP contribution in [0, 0.1) is 6.92 Å². The summed E-state index contributed by atoms with van der Waals surface area (Å²) in [5.41, 5.74) is 3.10. The van der Waals surface area contributed by atoms with Gasteiger partial charge in [-0.2, -0.15) is 0 Å². The van der Waals surface area contributed by atoms with Gasteiger partial charge in [0.1, 0.15) is 5.75 Å². The lowest BCUT2D eigenvalue weighted by atomic mass is 10.1. The lowest BCUT2D eigenvalue weighted by molar-refractivity contribution is -0.896. The smallest absolute Gasteiger partial charge is 0.322 e. The number of rotatable bonds is 12. The number of nitrogens with one attached hydrogen (secondary N) is 2. The molecule has 0 aliphatic heterocycles. The topological polar surface area (TPSA) is 46.0 Å². The number of amides is 2. The Morgan fingerprint density at radius 2 is 1.68 bits per heavy atom. The summed E-state index contributed by atoms with van der Waals surface area (Å²) >= 11 is 0. The minimum atomic E-state index is -0.0552. The highest BCUT2D eigenvalue weighted by molar-refractivity contribution is 5.89. The normalized spacial score (nSPS) is 11.9. The van der Waals surface area contributed by atoms with E-state index in [1.165, 1.54) is 5.56 Å². The van der Waals surface area contributed by atoms with Crippen molar-refractivity contribution in [2.24, 2.45) is 0 Å². The van der Waals surface area contributed by atoms with E-state index in [1.54, 1.807) is 4.90 Å². The van der Waals surface area contributed by atoms with Gasteiger partial charge in [0.2, 0.25) is 0 Å². The largest absolute Gasteiger partial charge is 0.494 e. The zero-order chi connectivity index (χ0) is 22.6. The SMILES string of the molecule is CCOc1ccc(CN(C(=O)Nc2ccc(C)cc2)[C@@H](C)CCC[NH+](CC)CC)cc1. The summed E-state index contributed by atoms with van der Waals surface area (Å²) in [6.07, 6.45) is 2.09. The molecule has 5 nitrogen and oxygen atoms in total.